The summed E-state index contributed by atoms with van der Waals surface area (Å²) in [5.74, 6) is 0.878. The van der Waals surface area contributed by atoms with Crippen LogP contribution in [0.25, 0.3) is 10.6 Å². The Kier molecular flexibility index (Phi) is 4.95. The van der Waals surface area contributed by atoms with Gasteiger partial charge in [-0.15, -0.1) is 11.3 Å². The summed E-state index contributed by atoms with van der Waals surface area (Å²) in [5, 5.41) is 6.48. The van der Waals surface area contributed by atoms with Crippen molar-refractivity contribution in [3.8, 4) is 10.6 Å². The van der Waals surface area contributed by atoms with E-state index in [1.165, 1.54) is 19.3 Å². The van der Waals surface area contributed by atoms with Crippen LogP contribution in [0.2, 0.25) is 0 Å². The number of thiophene rings is 1. The highest BCUT2D eigenvalue weighted by Gasteiger charge is 2.26. The fourth-order valence-electron chi connectivity index (χ4n) is 3.57. The number of aromatic nitrogens is 2. The third-order valence-corrected chi connectivity index (χ3v) is 5.69. The molecule has 4 rings (SSSR count). The van der Waals surface area contributed by atoms with E-state index in [1.807, 2.05) is 19.1 Å². The lowest BCUT2D eigenvalue weighted by atomic mass is 10.1. The molecule has 0 amide bonds. The molecule has 0 spiro atoms. The molecule has 1 fully saturated rings. The predicted molar refractivity (Wildman–Crippen MR) is 100 cm³/mol. The second-order valence-corrected chi connectivity index (χ2v) is 7.65. The van der Waals surface area contributed by atoms with Gasteiger partial charge in [0.25, 0.3) is 0 Å². The molecular formula is C20H23N3OS. The van der Waals surface area contributed by atoms with E-state index < -0.39 is 0 Å². The Bertz CT molecular complexity index is 812. The zero-order chi connectivity index (χ0) is 17.1. The third kappa shape index (κ3) is 3.83. The molecule has 4 heterocycles. The van der Waals surface area contributed by atoms with Crippen LogP contribution in [0.1, 0.15) is 48.8 Å². The molecule has 3 aromatic rings. The normalized spacial score (nSPS) is 19.0. The number of hydrogen-bond acceptors (Lipinski definition) is 5. The Labute approximate surface area is 152 Å². The van der Waals surface area contributed by atoms with Gasteiger partial charge >= 0.3 is 0 Å². The number of pyridine rings is 1. The summed E-state index contributed by atoms with van der Waals surface area (Å²) in [6.45, 7) is 4.00. The van der Waals surface area contributed by atoms with Gasteiger partial charge in [-0.1, -0.05) is 30.1 Å². The van der Waals surface area contributed by atoms with Crippen molar-refractivity contribution >= 4 is 11.3 Å². The maximum absolute atomic E-state index is 5.64. The first-order chi connectivity index (χ1) is 12.3. The van der Waals surface area contributed by atoms with Crippen molar-refractivity contribution in [3.05, 3.63) is 58.9 Å². The van der Waals surface area contributed by atoms with Gasteiger partial charge in [0.15, 0.2) is 5.76 Å². The maximum atomic E-state index is 5.64. The molecule has 0 N–H and O–H groups in total. The van der Waals surface area contributed by atoms with Crippen LogP contribution in [0, 0.1) is 6.92 Å². The minimum Gasteiger partial charge on any atom is -0.355 e. The molecule has 0 aliphatic carbocycles. The Morgan fingerprint density at radius 1 is 1.20 bits per heavy atom. The van der Waals surface area contributed by atoms with Crippen molar-refractivity contribution in [2.75, 3.05) is 6.54 Å². The first kappa shape index (κ1) is 16.5. The third-order valence-electron chi connectivity index (χ3n) is 4.81. The van der Waals surface area contributed by atoms with E-state index in [9.17, 15) is 0 Å². The lowest BCUT2D eigenvalue weighted by molar-refractivity contribution is 0.182. The monoisotopic (exact) mass is 353 g/mol. The van der Waals surface area contributed by atoms with Crippen LogP contribution in [0.4, 0.5) is 0 Å². The van der Waals surface area contributed by atoms with Gasteiger partial charge in [0.05, 0.1) is 16.6 Å². The van der Waals surface area contributed by atoms with Crippen LogP contribution in [0.15, 0.2) is 46.3 Å². The first-order valence-electron chi connectivity index (χ1n) is 8.97. The average molecular weight is 353 g/mol. The Morgan fingerprint density at radius 2 is 2.16 bits per heavy atom. The second kappa shape index (κ2) is 7.50. The highest BCUT2D eigenvalue weighted by Crippen LogP contribution is 2.34. The molecule has 0 radical (unpaired) electrons. The number of nitrogens with zero attached hydrogens (tertiary/aromatic N) is 3. The Hall–Kier alpha value is -1.98. The topological polar surface area (TPSA) is 42.2 Å². The highest BCUT2D eigenvalue weighted by atomic mass is 32.1. The van der Waals surface area contributed by atoms with E-state index in [2.05, 4.69) is 44.7 Å². The SMILES string of the molecule is Cc1cccc(CN2CCCCCC2c2cc(-c3cccs3)on2)n1. The summed E-state index contributed by atoms with van der Waals surface area (Å²) in [5.41, 5.74) is 3.26. The summed E-state index contributed by atoms with van der Waals surface area (Å²) in [4.78, 5) is 8.34. The number of hydrogen-bond donors (Lipinski definition) is 0. The molecule has 0 bridgehead atoms. The quantitative estimate of drug-likeness (QED) is 0.644. The van der Waals surface area contributed by atoms with E-state index in [0.717, 1.165) is 47.2 Å². The molecular weight excluding hydrogens is 330 g/mol. The van der Waals surface area contributed by atoms with Gasteiger partial charge in [-0.2, -0.15) is 0 Å². The molecule has 0 aromatic carbocycles. The van der Waals surface area contributed by atoms with Crippen molar-refractivity contribution < 1.29 is 4.52 Å². The standard InChI is InChI=1S/C20H23N3OS/c1-15-7-5-8-16(21-15)14-23-11-4-2-3-9-18(23)17-13-19(24-22-17)20-10-6-12-25-20/h5-8,10,12-13,18H,2-4,9,11,14H2,1H3. The van der Waals surface area contributed by atoms with Gasteiger partial charge < -0.3 is 4.52 Å². The van der Waals surface area contributed by atoms with Crippen molar-refractivity contribution in [2.24, 2.45) is 0 Å². The predicted octanol–water partition coefficient (Wildman–Crippen LogP) is 5.22. The summed E-state index contributed by atoms with van der Waals surface area (Å²) < 4.78 is 5.64. The molecule has 1 atom stereocenters. The van der Waals surface area contributed by atoms with Crippen LogP contribution in [-0.2, 0) is 6.54 Å². The van der Waals surface area contributed by atoms with Crippen molar-refractivity contribution in [1.29, 1.82) is 0 Å². The van der Waals surface area contributed by atoms with Crippen LogP contribution in [0.5, 0.6) is 0 Å². The molecule has 25 heavy (non-hydrogen) atoms. The molecule has 1 saturated heterocycles. The van der Waals surface area contributed by atoms with Gasteiger partial charge in [-0.05, 0) is 49.9 Å². The first-order valence-corrected chi connectivity index (χ1v) is 9.84. The number of aryl methyl sites for hydroxylation is 1. The Morgan fingerprint density at radius 3 is 3.00 bits per heavy atom. The molecule has 130 valence electrons. The molecule has 1 unspecified atom stereocenters. The summed E-state index contributed by atoms with van der Waals surface area (Å²) in [7, 11) is 0. The Balaban J connectivity index is 1.58. The number of likely N-dealkylation sites (tertiary alicyclic amines) is 1. The van der Waals surface area contributed by atoms with E-state index >= 15 is 0 Å². The van der Waals surface area contributed by atoms with Gasteiger partial charge in [0.2, 0.25) is 0 Å². The molecule has 1 aliphatic rings. The van der Waals surface area contributed by atoms with Crippen molar-refractivity contribution in [3.63, 3.8) is 0 Å². The largest absolute Gasteiger partial charge is 0.355 e. The van der Waals surface area contributed by atoms with Gasteiger partial charge in [-0.3, -0.25) is 9.88 Å². The molecule has 1 aliphatic heterocycles. The molecule has 3 aromatic heterocycles. The van der Waals surface area contributed by atoms with Crippen molar-refractivity contribution in [1.82, 2.24) is 15.0 Å². The van der Waals surface area contributed by atoms with Gasteiger partial charge in [-0.25, -0.2) is 0 Å². The van der Waals surface area contributed by atoms with Crippen molar-refractivity contribution in [2.45, 2.75) is 45.2 Å². The fraction of sp³-hybridized carbons (Fsp3) is 0.400. The smallest absolute Gasteiger partial charge is 0.177 e. The van der Waals surface area contributed by atoms with E-state index in [0.29, 0.717) is 6.04 Å². The zero-order valence-electron chi connectivity index (χ0n) is 14.5. The van der Waals surface area contributed by atoms with E-state index in [-0.39, 0.29) is 0 Å². The summed E-state index contributed by atoms with van der Waals surface area (Å²) in [6.07, 6.45) is 4.88. The zero-order valence-corrected chi connectivity index (χ0v) is 15.3. The van der Waals surface area contributed by atoms with Gasteiger partial charge in [0.1, 0.15) is 5.69 Å². The molecule has 4 nitrogen and oxygen atoms in total. The lowest BCUT2D eigenvalue weighted by Gasteiger charge is -2.28. The summed E-state index contributed by atoms with van der Waals surface area (Å²) in [6, 6.07) is 12.8. The maximum Gasteiger partial charge on any atom is 0.177 e. The summed E-state index contributed by atoms with van der Waals surface area (Å²) >= 11 is 1.69. The minimum atomic E-state index is 0.308. The molecule has 0 saturated carbocycles. The average Bonchev–Trinajstić information content (AvgIpc) is 3.25. The lowest BCUT2D eigenvalue weighted by Crippen LogP contribution is -2.28. The number of rotatable bonds is 4. The minimum absolute atomic E-state index is 0.308. The fourth-order valence-corrected chi connectivity index (χ4v) is 4.24. The highest BCUT2D eigenvalue weighted by molar-refractivity contribution is 7.13. The molecule has 5 heteroatoms. The van der Waals surface area contributed by atoms with E-state index in [4.69, 9.17) is 4.52 Å². The second-order valence-electron chi connectivity index (χ2n) is 6.70. The van der Waals surface area contributed by atoms with Gasteiger partial charge in [0, 0.05) is 18.3 Å². The van der Waals surface area contributed by atoms with Crippen LogP contribution in [0.3, 0.4) is 0 Å². The van der Waals surface area contributed by atoms with Crippen LogP contribution in [-0.4, -0.2) is 21.6 Å². The van der Waals surface area contributed by atoms with Crippen LogP contribution < -0.4 is 0 Å². The van der Waals surface area contributed by atoms with Crippen LogP contribution >= 0.6 is 11.3 Å². The van der Waals surface area contributed by atoms with E-state index in [1.54, 1.807) is 11.3 Å².